The predicted octanol–water partition coefficient (Wildman–Crippen LogP) is 2.06. The van der Waals surface area contributed by atoms with Gasteiger partial charge in [0.1, 0.15) is 0 Å². The van der Waals surface area contributed by atoms with Crippen LogP contribution in [0.3, 0.4) is 0 Å². The van der Waals surface area contributed by atoms with Gasteiger partial charge in [0.15, 0.2) is 5.16 Å². The molecule has 4 heteroatoms. The zero-order valence-corrected chi connectivity index (χ0v) is 9.63. The fraction of sp³-hybridized carbons (Fsp3) is 0.700. The van der Waals surface area contributed by atoms with Crippen LogP contribution in [0.5, 0.6) is 0 Å². The van der Waals surface area contributed by atoms with Crippen molar-refractivity contribution in [3.63, 3.8) is 0 Å². The molecule has 1 unspecified atom stereocenters. The van der Waals surface area contributed by atoms with Crippen molar-refractivity contribution in [3.8, 4) is 0 Å². The summed E-state index contributed by atoms with van der Waals surface area (Å²) in [5.41, 5.74) is 0. The Bertz CT molecular complexity index is 262. The van der Waals surface area contributed by atoms with Gasteiger partial charge in [-0.15, -0.1) is 0 Å². The first-order chi connectivity index (χ1) is 6.74. The van der Waals surface area contributed by atoms with Gasteiger partial charge in [-0.2, -0.15) is 0 Å². The smallest absolute Gasteiger partial charge is 0.167 e. The number of imidazole rings is 1. The summed E-state index contributed by atoms with van der Waals surface area (Å²) in [7, 11) is 1.97. The van der Waals surface area contributed by atoms with Gasteiger partial charge in [0.05, 0.1) is 6.10 Å². The largest absolute Gasteiger partial charge is 0.392 e. The minimum absolute atomic E-state index is 0.198. The highest BCUT2D eigenvalue weighted by atomic mass is 32.2. The third-order valence-corrected chi connectivity index (χ3v) is 3.28. The minimum Gasteiger partial charge on any atom is -0.392 e. The molecule has 14 heavy (non-hydrogen) atoms. The van der Waals surface area contributed by atoms with E-state index >= 15 is 0 Å². The number of aliphatic hydroxyl groups excluding tert-OH is 1. The van der Waals surface area contributed by atoms with E-state index in [-0.39, 0.29) is 6.10 Å². The van der Waals surface area contributed by atoms with Crippen molar-refractivity contribution >= 4 is 11.8 Å². The van der Waals surface area contributed by atoms with Gasteiger partial charge in [0, 0.05) is 25.2 Å². The van der Waals surface area contributed by atoms with E-state index in [2.05, 4.69) is 11.9 Å². The lowest BCUT2D eigenvalue weighted by Gasteiger charge is -2.08. The second-order valence-corrected chi connectivity index (χ2v) is 4.41. The number of nitrogens with zero attached hydrogens (tertiary/aromatic N) is 2. The molecule has 1 rings (SSSR count). The quantitative estimate of drug-likeness (QED) is 0.737. The molecule has 1 N–H and O–H groups in total. The molecule has 0 aliphatic heterocycles. The van der Waals surface area contributed by atoms with Gasteiger partial charge in [-0.3, -0.25) is 0 Å². The standard InChI is InChI=1S/C10H18N2OS/c1-3-4-5-9(13)8-14-10-11-6-7-12(10)2/h6-7,9,13H,3-5,8H2,1-2H3. The number of aromatic nitrogens is 2. The average Bonchev–Trinajstić information content (AvgIpc) is 2.58. The Morgan fingerprint density at radius 2 is 2.43 bits per heavy atom. The molecule has 0 radical (unpaired) electrons. The maximum Gasteiger partial charge on any atom is 0.167 e. The highest BCUT2D eigenvalue weighted by Crippen LogP contribution is 2.17. The van der Waals surface area contributed by atoms with Crippen LogP contribution in [0.25, 0.3) is 0 Å². The zero-order valence-electron chi connectivity index (χ0n) is 8.81. The second kappa shape index (κ2) is 6.09. The molecule has 1 aromatic heterocycles. The zero-order chi connectivity index (χ0) is 10.4. The van der Waals surface area contributed by atoms with Crippen LogP contribution in [-0.4, -0.2) is 26.5 Å². The maximum atomic E-state index is 9.61. The normalized spacial score (nSPS) is 13.1. The average molecular weight is 214 g/mol. The second-order valence-electron chi connectivity index (χ2n) is 3.43. The van der Waals surface area contributed by atoms with Crippen LogP contribution >= 0.6 is 11.8 Å². The summed E-state index contributed by atoms with van der Waals surface area (Å²) in [6, 6.07) is 0. The summed E-state index contributed by atoms with van der Waals surface area (Å²) in [6.07, 6.45) is 6.64. The number of hydrogen-bond donors (Lipinski definition) is 1. The molecular formula is C10H18N2OS. The van der Waals surface area contributed by atoms with E-state index in [4.69, 9.17) is 0 Å². The lowest BCUT2D eigenvalue weighted by molar-refractivity contribution is 0.186. The summed E-state index contributed by atoms with van der Waals surface area (Å²) in [6.45, 7) is 2.14. The Labute approximate surface area is 89.5 Å². The van der Waals surface area contributed by atoms with Gasteiger partial charge in [0.25, 0.3) is 0 Å². The van der Waals surface area contributed by atoms with E-state index < -0.39 is 0 Å². The molecule has 0 aliphatic rings. The number of rotatable bonds is 6. The van der Waals surface area contributed by atoms with Gasteiger partial charge in [-0.25, -0.2) is 4.98 Å². The minimum atomic E-state index is -0.198. The molecule has 1 heterocycles. The number of unbranched alkanes of at least 4 members (excludes halogenated alkanes) is 1. The summed E-state index contributed by atoms with van der Waals surface area (Å²) in [5.74, 6) is 0.741. The third-order valence-electron chi connectivity index (χ3n) is 2.07. The molecular weight excluding hydrogens is 196 g/mol. The SMILES string of the molecule is CCCCC(O)CSc1nccn1C. The molecule has 0 saturated carbocycles. The van der Waals surface area contributed by atoms with Crippen molar-refractivity contribution in [3.05, 3.63) is 12.4 Å². The van der Waals surface area contributed by atoms with Gasteiger partial charge in [-0.1, -0.05) is 31.5 Å². The Morgan fingerprint density at radius 3 is 3.00 bits per heavy atom. The van der Waals surface area contributed by atoms with E-state index in [1.54, 1.807) is 18.0 Å². The van der Waals surface area contributed by atoms with Crippen molar-refractivity contribution in [2.75, 3.05) is 5.75 Å². The topological polar surface area (TPSA) is 38.1 Å². The van der Waals surface area contributed by atoms with Gasteiger partial charge in [0.2, 0.25) is 0 Å². The fourth-order valence-corrected chi connectivity index (χ4v) is 2.09. The van der Waals surface area contributed by atoms with Crippen LogP contribution in [0.1, 0.15) is 26.2 Å². The monoisotopic (exact) mass is 214 g/mol. The molecule has 1 atom stereocenters. The fourth-order valence-electron chi connectivity index (χ4n) is 1.18. The van der Waals surface area contributed by atoms with Crippen molar-refractivity contribution in [1.82, 2.24) is 9.55 Å². The molecule has 0 aromatic carbocycles. The van der Waals surface area contributed by atoms with Crippen molar-refractivity contribution in [1.29, 1.82) is 0 Å². The van der Waals surface area contributed by atoms with Crippen LogP contribution in [0.15, 0.2) is 17.6 Å². The Balaban J connectivity index is 2.23. The first-order valence-electron chi connectivity index (χ1n) is 5.02. The predicted molar refractivity (Wildman–Crippen MR) is 59.5 cm³/mol. The Morgan fingerprint density at radius 1 is 1.64 bits per heavy atom. The molecule has 0 fully saturated rings. The summed E-state index contributed by atoms with van der Waals surface area (Å²) in [5, 5.41) is 10.6. The van der Waals surface area contributed by atoms with Gasteiger partial charge in [-0.05, 0) is 6.42 Å². The van der Waals surface area contributed by atoms with E-state index in [1.807, 2.05) is 17.8 Å². The molecule has 1 aromatic rings. The highest BCUT2D eigenvalue weighted by molar-refractivity contribution is 7.99. The van der Waals surface area contributed by atoms with Crippen LogP contribution in [0, 0.1) is 0 Å². The van der Waals surface area contributed by atoms with E-state index in [0.29, 0.717) is 0 Å². The van der Waals surface area contributed by atoms with Crippen molar-refractivity contribution in [2.45, 2.75) is 37.4 Å². The van der Waals surface area contributed by atoms with Gasteiger partial charge >= 0.3 is 0 Å². The molecule has 80 valence electrons. The lowest BCUT2D eigenvalue weighted by Crippen LogP contribution is -2.09. The van der Waals surface area contributed by atoms with Gasteiger partial charge < -0.3 is 9.67 Å². The van der Waals surface area contributed by atoms with E-state index in [1.165, 1.54) is 0 Å². The molecule has 3 nitrogen and oxygen atoms in total. The lowest BCUT2D eigenvalue weighted by atomic mass is 10.2. The maximum absolute atomic E-state index is 9.61. The molecule has 0 aliphatic carbocycles. The summed E-state index contributed by atoms with van der Waals surface area (Å²) < 4.78 is 1.97. The number of thioether (sulfide) groups is 1. The van der Waals surface area contributed by atoms with Crippen LogP contribution in [0.4, 0.5) is 0 Å². The third kappa shape index (κ3) is 3.72. The molecule has 0 amide bonds. The van der Waals surface area contributed by atoms with E-state index in [9.17, 15) is 5.11 Å². The molecule has 0 spiro atoms. The van der Waals surface area contributed by atoms with Crippen LogP contribution in [0.2, 0.25) is 0 Å². The molecule has 0 bridgehead atoms. The summed E-state index contributed by atoms with van der Waals surface area (Å²) >= 11 is 1.61. The van der Waals surface area contributed by atoms with Crippen LogP contribution < -0.4 is 0 Å². The number of hydrogen-bond acceptors (Lipinski definition) is 3. The number of aliphatic hydroxyl groups is 1. The first kappa shape index (κ1) is 11.6. The van der Waals surface area contributed by atoms with Crippen molar-refractivity contribution < 1.29 is 5.11 Å². The number of aryl methyl sites for hydroxylation is 1. The highest BCUT2D eigenvalue weighted by Gasteiger charge is 2.06. The Kier molecular flexibility index (Phi) is 5.04. The van der Waals surface area contributed by atoms with Crippen LogP contribution in [-0.2, 0) is 7.05 Å². The Hall–Kier alpha value is -0.480. The van der Waals surface area contributed by atoms with E-state index in [0.717, 1.165) is 30.2 Å². The molecule has 0 saturated heterocycles. The van der Waals surface area contributed by atoms with Crippen molar-refractivity contribution in [2.24, 2.45) is 7.05 Å². The summed E-state index contributed by atoms with van der Waals surface area (Å²) in [4.78, 5) is 4.18. The first-order valence-corrected chi connectivity index (χ1v) is 6.00.